The summed E-state index contributed by atoms with van der Waals surface area (Å²) in [4.78, 5) is 13.2. The predicted octanol–water partition coefficient (Wildman–Crippen LogP) is 4.43. The standard InChI is InChI=1S/C19H15FN2O2S/c1-24-14-7-5-11(6-8-14)15-10-16(23)21-18-17(22-25-19(15)18)12-3-2-4-13(20)9-12/h2-9,15H,10H2,1H3,(H,21,23)/t15-/m1/s1. The van der Waals surface area contributed by atoms with Crippen molar-refractivity contribution < 1.29 is 13.9 Å². The zero-order valence-corrected chi connectivity index (χ0v) is 14.3. The molecule has 0 spiro atoms. The number of rotatable bonds is 3. The molecule has 2 aromatic carbocycles. The van der Waals surface area contributed by atoms with E-state index in [9.17, 15) is 9.18 Å². The molecular formula is C19H15FN2O2S. The molecule has 0 aliphatic carbocycles. The van der Waals surface area contributed by atoms with Crippen LogP contribution in [0.4, 0.5) is 10.1 Å². The summed E-state index contributed by atoms with van der Waals surface area (Å²) in [6, 6.07) is 14.0. The summed E-state index contributed by atoms with van der Waals surface area (Å²) in [5, 5.41) is 2.91. The molecule has 0 bridgehead atoms. The van der Waals surface area contributed by atoms with Gasteiger partial charge in [-0.2, -0.15) is 4.37 Å². The molecular weight excluding hydrogens is 339 g/mol. The minimum absolute atomic E-state index is 0.0607. The van der Waals surface area contributed by atoms with Crippen LogP contribution in [0, 0.1) is 5.82 Å². The van der Waals surface area contributed by atoms with Crippen molar-refractivity contribution in [1.29, 1.82) is 0 Å². The van der Waals surface area contributed by atoms with Crippen LogP contribution in [0.2, 0.25) is 0 Å². The second-order valence-corrected chi connectivity index (χ2v) is 6.66. The number of fused-ring (bicyclic) bond motifs is 1. The van der Waals surface area contributed by atoms with Gasteiger partial charge in [0.05, 0.1) is 17.7 Å². The van der Waals surface area contributed by atoms with Gasteiger partial charge in [0, 0.05) is 17.9 Å². The molecule has 1 aromatic heterocycles. The molecule has 0 radical (unpaired) electrons. The summed E-state index contributed by atoms with van der Waals surface area (Å²) in [7, 11) is 1.62. The summed E-state index contributed by atoms with van der Waals surface area (Å²) in [6.45, 7) is 0. The fourth-order valence-corrected chi connectivity index (χ4v) is 4.04. The lowest BCUT2D eigenvalue weighted by Crippen LogP contribution is -2.22. The molecule has 0 saturated carbocycles. The van der Waals surface area contributed by atoms with E-state index >= 15 is 0 Å². The molecule has 1 aliphatic rings. The van der Waals surface area contributed by atoms with Crippen molar-refractivity contribution >= 4 is 23.1 Å². The van der Waals surface area contributed by atoms with Crippen molar-refractivity contribution in [2.24, 2.45) is 0 Å². The largest absolute Gasteiger partial charge is 0.497 e. The predicted molar refractivity (Wildman–Crippen MR) is 95.6 cm³/mol. The third-order valence-electron chi connectivity index (χ3n) is 4.31. The lowest BCUT2D eigenvalue weighted by Gasteiger charge is -2.23. The first-order chi connectivity index (χ1) is 12.2. The van der Waals surface area contributed by atoms with Gasteiger partial charge in [-0.1, -0.05) is 24.3 Å². The Morgan fingerprint density at radius 2 is 2.04 bits per heavy atom. The molecule has 25 heavy (non-hydrogen) atoms. The average molecular weight is 354 g/mol. The lowest BCUT2D eigenvalue weighted by molar-refractivity contribution is -0.116. The number of benzene rings is 2. The first-order valence-corrected chi connectivity index (χ1v) is 8.62. The fraction of sp³-hybridized carbons (Fsp3) is 0.158. The zero-order chi connectivity index (χ0) is 17.4. The van der Waals surface area contributed by atoms with Crippen molar-refractivity contribution in [3.05, 3.63) is 64.8 Å². The van der Waals surface area contributed by atoms with E-state index < -0.39 is 0 Å². The smallest absolute Gasteiger partial charge is 0.225 e. The summed E-state index contributed by atoms with van der Waals surface area (Å²) in [5.74, 6) is 0.322. The lowest BCUT2D eigenvalue weighted by atomic mass is 9.89. The number of aromatic nitrogens is 1. The number of carbonyl (C=O) groups excluding carboxylic acids is 1. The Morgan fingerprint density at radius 1 is 1.24 bits per heavy atom. The minimum Gasteiger partial charge on any atom is -0.497 e. The second-order valence-electron chi connectivity index (χ2n) is 5.86. The van der Waals surface area contributed by atoms with Gasteiger partial charge in [-0.3, -0.25) is 4.79 Å². The monoisotopic (exact) mass is 354 g/mol. The van der Waals surface area contributed by atoms with Gasteiger partial charge in [-0.15, -0.1) is 0 Å². The topological polar surface area (TPSA) is 51.2 Å². The van der Waals surface area contributed by atoms with Gasteiger partial charge in [0.25, 0.3) is 0 Å². The van der Waals surface area contributed by atoms with E-state index in [0.717, 1.165) is 16.2 Å². The van der Waals surface area contributed by atoms with Crippen LogP contribution >= 0.6 is 11.5 Å². The number of halogens is 1. The summed E-state index contributed by atoms with van der Waals surface area (Å²) < 4.78 is 23.2. The van der Waals surface area contributed by atoms with Gasteiger partial charge in [0.2, 0.25) is 5.91 Å². The van der Waals surface area contributed by atoms with Crippen LogP contribution in [0.15, 0.2) is 48.5 Å². The number of amides is 1. The van der Waals surface area contributed by atoms with Crippen LogP contribution in [0.5, 0.6) is 5.75 Å². The molecule has 1 atom stereocenters. The second kappa shape index (κ2) is 6.29. The third-order valence-corrected chi connectivity index (χ3v) is 5.26. The highest BCUT2D eigenvalue weighted by atomic mass is 32.1. The van der Waals surface area contributed by atoms with Crippen molar-refractivity contribution in [1.82, 2.24) is 4.37 Å². The van der Waals surface area contributed by atoms with Crippen LogP contribution in [0.3, 0.4) is 0 Å². The van der Waals surface area contributed by atoms with Crippen molar-refractivity contribution in [2.45, 2.75) is 12.3 Å². The molecule has 0 fully saturated rings. The van der Waals surface area contributed by atoms with Crippen LogP contribution in [0.25, 0.3) is 11.3 Å². The highest BCUT2D eigenvalue weighted by Gasteiger charge is 2.31. The van der Waals surface area contributed by atoms with Gasteiger partial charge in [0.15, 0.2) is 0 Å². The van der Waals surface area contributed by atoms with Gasteiger partial charge < -0.3 is 10.1 Å². The summed E-state index contributed by atoms with van der Waals surface area (Å²) >= 11 is 1.35. The fourth-order valence-electron chi connectivity index (χ4n) is 3.07. The van der Waals surface area contributed by atoms with E-state index in [1.165, 1.54) is 23.7 Å². The Labute approximate surface area is 148 Å². The number of hydrogen-bond acceptors (Lipinski definition) is 4. The molecule has 2 heterocycles. The van der Waals surface area contributed by atoms with Crippen molar-refractivity contribution in [3.8, 4) is 17.0 Å². The highest BCUT2D eigenvalue weighted by Crippen LogP contribution is 2.44. The number of nitrogens with zero attached hydrogens (tertiary/aromatic N) is 1. The molecule has 1 N–H and O–H groups in total. The van der Waals surface area contributed by atoms with Gasteiger partial charge >= 0.3 is 0 Å². The number of hydrogen-bond donors (Lipinski definition) is 1. The first-order valence-electron chi connectivity index (χ1n) is 7.85. The Hall–Kier alpha value is -2.73. The van der Waals surface area contributed by atoms with Crippen molar-refractivity contribution in [3.63, 3.8) is 0 Å². The normalized spacial score (nSPS) is 16.2. The Bertz CT molecular complexity index is 937. The van der Waals surface area contributed by atoms with Crippen LogP contribution < -0.4 is 10.1 Å². The number of ether oxygens (including phenoxy) is 1. The van der Waals surface area contributed by atoms with Gasteiger partial charge in [0.1, 0.15) is 17.3 Å². The zero-order valence-electron chi connectivity index (χ0n) is 13.5. The van der Waals surface area contributed by atoms with Crippen molar-refractivity contribution in [2.75, 3.05) is 12.4 Å². The molecule has 1 aliphatic heterocycles. The van der Waals surface area contributed by atoms with E-state index in [-0.39, 0.29) is 17.6 Å². The Balaban J connectivity index is 1.78. The maximum atomic E-state index is 13.6. The van der Waals surface area contributed by atoms with E-state index in [1.54, 1.807) is 19.2 Å². The molecule has 1 amide bonds. The van der Waals surface area contributed by atoms with Crippen LogP contribution in [-0.4, -0.2) is 17.4 Å². The third kappa shape index (κ3) is 2.89. The molecule has 6 heteroatoms. The maximum absolute atomic E-state index is 13.6. The van der Waals surface area contributed by atoms with Gasteiger partial charge in [-0.05, 0) is 41.4 Å². The highest BCUT2D eigenvalue weighted by molar-refractivity contribution is 7.07. The molecule has 3 aromatic rings. The molecule has 0 unspecified atom stereocenters. The first kappa shape index (κ1) is 15.8. The van der Waals surface area contributed by atoms with E-state index in [4.69, 9.17) is 4.74 Å². The number of carbonyl (C=O) groups is 1. The van der Waals surface area contributed by atoms with Crippen LogP contribution in [-0.2, 0) is 4.79 Å². The van der Waals surface area contributed by atoms with E-state index in [0.29, 0.717) is 23.4 Å². The molecule has 4 nitrogen and oxygen atoms in total. The number of nitrogens with one attached hydrogen (secondary N) is 1. The molecule has 0 saturated heterocycles. The Kier molecular flexibility index (Phi) is 3.97. The minimum atomic E-state index is -0.326. The number of anilines is 1. The quantitative estimate of drug-likeness (QED) is 0.757. The maximum Gasteiger partial charge on any atom is 0.225 e. The molecule has 4 rings (SSSR count). The summed E-state index contributed by atoms with van der Waals surface area (Å²) in [5.41, 5.74) is 3.00. The van der Waals surface area contributed by atoms with E-state index in [1.807, 2.05) is 24.3 Å². The Morgan fingerprint density at radius 3 is 2.76 bits per heavy atom. The van der Waals surface area contributed by atoms with Gasteiger partial charge in [-0.25, -0.2) is 4.39 Å². The average Bonchev–Trinajstić information content (AvgIpc) is 3.05. The number of methoxy groups -OCH3 is 1. The summed E-state index contributed by atoms with van der Waals surface area (Å²) in [6.07, 6.45) is 0.365. The molecule has 126 valence electrons. The SMILES string of the molecule is COc1ccc([C@H]2CC(=O)Nc3c(-c4cccc(F)c4)nsc32)cc1. The van der Waals surface area contributed by atoms with Crippen LogP contribution in [0.1, 0.15) is 22.8 Å². The van der Waals surface area contributed by atoms with E-state index in [2.05, 4.69) is 9.69 Å².